The zero-order valence-electron chi connectivity index (χ0n) is 10.3. The Kier molecular flexibility index (Phi) is 3.72. The van der Waals surface area contributed by atoms with Crippen LogP contribution in [0.2, 0.25) is 0 Å². The number of rotatable bonds is 3. The monoisotopic (exact) mass is 260 g/mol. The SMILES string of the molecule is Cc1cc(C(=O)Nc2ccc(F)cc2)cc(NN)n1. The van der Waals surface area contributed by atoms with Crippen LogP contribution >= 0.6 is 0 Å². The molecule has 0 aliphatic rings. The highest BCUT2D eigenvalue weighted by atomic mass is 19.1. The molecule has 4 N–H and O–H groups in total. The van der Waals surface area contributed by atoms with Crippen molar-refractivity contribution in [2.24, 2.45) is 5.84 Å². The van der Waals surface area contributed by atoms with E-state index in [2.05, 4.69) is 15.7 Å². The first-order chi connectivity index (χ1) is 9.08. The molecule has 1 amide bonds. The quantitative estimate of drug-likeness (QED) is 0.583. The van der Waals surface area contributed by atoms with E-state index in [4.69, 9.17) is 5.84 Å². The van der Waals surface area contributed by atoms with Crippen LogP contribution in [0, 0.1) is 12.7 Å². The van der Waals surface area contributed by atoms with Gasteiger partial charge in [-0.25, -0.2) is 15.2 Å². The first-order valence-corrected chi connectivity index (χ1v) is 5.61. The highest BCUT2D eigenvalue weighted by Crippen LogP contribution is 2.13. The van der Waals surface area contributed by atoms with Crippen LogP contribution in [0.1, 0.15) is 16.1 Å². The predicted octanol–water partition coefficient (Wildman–Crippen LogP) is 2.07. The van der Waals surface area contributed by atoms with E-state index in [0.29, 0.717) is 22.8 Å². The van der Waals surface area contributed by atoms with Gasteiger partial charge < -0.3 is 10.7 Å². The molecule has 0 unspecified atom stereocenters. The average molecular weight is 260 g/mol. The summed E-state index contributed by atoms with van der Waals surface area (Å²) in [6.45, 7) is 1.76. The fourth-order valence-corrected chi connectivity index (χ4v) is 1.61. The number of pyridine rings is 1. The summed E-state index contributed by atoms with van der Waals surface area (Å²) in [6, 6.07) is 8.71. The van der Waals surface area contributed by atoms with Gasteiger partial charge >= 0.3 is 0 Å². The van der Waals surface area contributed by atoms with Gasteiger partial charge in [0.25, 0.3) is 5.91 Å². The number of carbonyl (C=O) groups excluding carboxylic acids is 1. The number of hydrogen-bond acceptors (Lipinski definition) is 4. The number of nitrogens with one attached hydrogen (secondary N) is 2. The Morgan fingerprint density at radius 3 is 2.58 bits per heavy atom. The molecule has 0 aliphatic carbocycles. The minimum Gasteiger partial charge on any atom is -0.322 e. The number of benzene rings is 1. The molecule has 19 heavy (non-hydrogen) atoms. The van der Waals surface area contributed by atoms with Gasteiger partial charge in [0.15, 0.2) is 0 Å². The second kappa shape index (κ2) is 5.45. The highest BCUT2D eigenvalue weighted by molar-refractivity contribution is 6.04. The summed E-state index contributed by atoms with van der Waals surface area (Å²) >= 11 is 0. The lowest BCUT2D eigenvalue weighted by molar-refractivity contribution is 0.102. The van der Waals surface area contributed by atoms with Gasteiger partial charge in [-0.15, -0.1) is 0 Å². The second-order valence-electron chi connectivity index (χ2n) is 3.99. The van der Waals surface area contributed by atoms with Crippen molar-refractivity contribution >= 4 is 17.4 Å². The van der Waals surface area contributed by atoms with Crippen LogP contribution in [0.15, 0.2) is 36.4 Å². The van der Waals surface area contributed by atoms with Gasteiger partial charge in [0, 0.05) is 16.9 Å². The van der Waals surface area contributed by atoms with Crippen molar-refractivity contribution in [3.05, 3.63) is 53.5 Å². The Balaban J connectivity index is 2.20. The molecule has 0 bridgehead atoms. The zero-order chi connectivity index (χ0) is 13.8. The number of amides is 1. The van der Waals surface area contributed by atoms with E-state index in [1.165, 1.54) is 30.3 Å². The minimum atomic E-state index is -0.354. The lowest BCUT2D eigenvalue weighted by atomic mass is 10.2. The summed E-state index contributed by atoms with van der Waals surface area (Å²) in [5.74, 6) is 5.01. The maximum absolute atomic E-state index is 12.8. The van der Waals surface area contributed by atoms with E-state index >= 15 is 0 Å². The Morgan fingerprint density at radius 1 is 1.26 bits per heavy atom. The minimum absolute atomic E-state index is 0.311. The molecule has 0 spiro atoms. The van der Waals surface area contributed by atoms with Crippen molar-refractivity contribution in [3.8, 4) is 0 Å². The third-order valence-electron chi connectivity index (χ3n) is 2.47. The maximum Gasteiger partial charge on any atom is 0.255 e. The van der Waals surface area contributed by atoms with Crippen molar-refractivity contribution in [1.82, 2.24) is 4.98 Å². The van der Waals surface area contributed by atoms with Crippen LogP contribution in [0.4, 0.5) is 15.9 Å². The van der Waals surface area contributed by atoms with E-state index in [0.717, 1.165) is 0 Å². The zero-order valence-corrected chi connectivity index (χ0v) is 10.3. The van der Waals surface area contributed by atoms with Crippen LogP contribution in [-0.2, 0) is 0 Å². The summed E-state index contributed by atoms with van der Waals surface area (Å²) in [5, 5.41) is 2.66. The van der Waals surface area contributed by atoms with Gasteiger partial charge in [0.1, 0.15) is 11.6 Å². The standard InChI is InChI=1S/C13H13FN4O/c1-8-6-9(7-12(16-8)18-15)13(19)17-11-4-2-10(14)3-5-11/h2-7H,15H2,1H3,(H,16,18)(H,17,19). The average Bonchev–Trinajstić information content (AvgIpc) is 2.40. The number of aromatic nitrogens is 1. The van der Waals surface area contributed by atoms with Gasteiger partial charge in [0.2, 0.25) is 0 Å². The van der Waals surface area contributed by atoms with Crippen molar-refractivity contribution in [2.75, 3.05) is 10.7 Å². The second-order valence-corrected chi connectivity index (χ2v) is 3.99. The third kappa shape index (κ3) is 3.26. The number of aryl methyl sites for hydroxylation is 1. The number of nitrogen functional groups attached to an aromatic ring is 1. The molecule has 2 rings (SSSR count). The van der Waals surface area contributed by atoms with Gasteiger partial charge in [-0.05, 0) is 43.3 Å². The van der Waals surface area contributed by atoms with E-state index < -0.39 is 0 Å². The van der Waals surface area contributed by atoms with Gasteiger partial charge in [-0.1, -0.05) is 0 Å². The summed E-state index contributed by atoms with van der Waals surface area (Å²) in [5.41, 5.74) is 4.00. The molecule has 2 aromatic rings. The Hall–Kier alpha value is -2.47. The van der Waals surface area contributed by atoms with Gasteiger partial charge in [-0.2, -0.15) is 0 Å². The lowest BCUT2D eigenvalue weighted by Crippen LogP contribution is -2.15. The van der Waals surface area contributed by atoms with E-state index in [1.54, 1.807) is 13.0 Å². The molecule has 98 valence electrons. The summed E-state index contributed by atoms with van der Waals surface area (Å²) in [4.78, 5) is 16.1. The fraction of sp³-hybridized carbons (Fsp3) is 0.0769. The Labute approximate surface area is 109 Å². The molecular weight excluding hydrogens is 247 g/mol. The number of anilines is 2. The lowest BCUT2D eigenvalue weighted by Gasteiger charge is -2.07. The summed E-state index contributed by atoms with van der Waals surface area (Å²) in [6.07, 6.45) is 0. The Morgan fingerprint density at radius 2 is 1.95 bits per heavy atom. The number of carbonyl (C=O) groups is 1. The molecule has 1 aromatic carbocycles. The number of hydrazine groups is 1. The summed E-state index contributed by atoms with van der Waals surface area (Å²) in [7, 11) is 0. The summed E-state index contributed by atoms with van der Waals surface area (Å²) < 4.78 is 12.8. The molecule has 0 saturated carbocycles. The number of hydrogen-bond donors (Lipinski definition) is 3. The van der Waals surface area contributed by atoms with E-state index in [9.17, 15) is 9.18 Å². The number of nitrogens with zero attached hydrogens (tertiary/aromatic N) is 1. The van der Waals surface area contributed by atoms with E-state index in [-0.39, 0.29) is 11.7 Å². The molecule has 0 atom stereocenters. The molecule has 0 saturated heterocycles. The Bertz CT molecular complexity index is 598. The van der Waals surface area contributed by atoms with Gasteiger partial charge in [-0.3, -0.25) is 4.79 Å². The molecule has 6 heteroatoms. The number of nitrogens with two attached hydrogens (primary N) is 1. The fourth-order valence-electron chi connectivity index (χ4n) is 1.61. The van der Waals surface area contributed by atoms with Crippen molar-refractivity contribution < 1.29 is 9.18 Å². The van der Waals surface area contributed by atoms with Crippen molar-refractivity contribution in [1.29, 1.82) is 0 Å². The van der Waals surface area contributed by atoms with Crippen LogP contribution < -0.4 is 16.6 Å². The smallest absolute Gasteiger partial charge is 0.255 e. The van der Waals surface area contributed by atoms with Crippen molar-refractivity contribution in [3.63, 3.8) is 0 Å². The first-order valence-electron chi connectivity index (χ1n) is 5.61. The van der Waals surface area contributed by atoms with E-state index in [1.807, 2.05) is 0 Å². The topological polar surface area (TPSA) is 80.0 Å². The van der Waals surface area contributed by atoms with Crippen LogP contribution in [0.5, 0.6) is 0 Å². The molecular formula is C13H13FN4O. The van der Waals surface area contributed by atoms with Crippen LogP contribution in [0.3, 0.4) is 0 Å². The first kappa shape index (κ1) is 13.0. The van der Waals surface area contributed by atoms with Crippen LogP contribution in [-0.4, -0.2) is 10.9 Å². The molecule has 0 aliphatic heterocycles. The molecule has 1 aromatic heterocycles. The van der Waals surface area contributed by atoms with Gasteiger partial charge in [0.05, 0.1) is 0 Å². The number of halogens is 1. The maximum atomic E-state index is 12.8. The normalized spacial score (nSPS) is 10.1. The van der Waals surface area contributed by atoms with Crippen LogP contribution in [0.25, 0.3) is 0 Å². The third-order valence-corrected chi connectivity index (χ3v) is 2.47. The highest BCUT2D eigenvalue weighted by Gasteiger charge is 2.08. The molecule has 1 heterocycles. The largest absolute Gasteiger partial charge is 0.322 e. The predicted molar refractivity (Wildman–Crippen MR) is 71.1 cm³/mol. The molecule has 0 fully saturated rings. The molecule has 0 radical (unpaired) electrons. The van der Waals surface area contributed by atoms with Crippen molar-refractivity contribution in [2.45, 2.75) is 6.92 Å². The molecule has 5 nitrogen and oxygen atoms in total.